The molecule has 0 aromatic heterocycles. The molecule has 3 heteroatoms. The van der Waals surface area contributed by atoms with Crippen molar-refractivity contribution >= 4 is 0 Å². The van der Waals surface area contributed by atoms with Crippen LogP contribution in [0.1, 0.15) is 53.9 Å². The fourth-order valence-corrected chi connectivity index (χ4v) is 4.31. The minimum absolute atomic E-state index is 0.425. The Morgan fingerprint density at radius 3 is 2.39 bits per heavy atom. The second-order valence-corrected chi connectivity index (χ2v) is 9.25. The van der Waals surface area contributed by atoms with E-state index in [1.54, 1.807) is 0 Å². The summed E-state index contributed by atoms with van der Waals surface area (Å²) in [6.07, 6.45) is 4.19. The smallest absolute Gasteiger partial charge is 0.0594 e. The van der Waals surface area contributed by atoms with Gasteiger partial charge in [0.05, 0.1) is 13.2 Å². The quantitative estimate of drug-likeness (QED) is 0.709. The number of nitrogens with zero attached hydrogens (tertiary/aromatic N) is 2. The zero-order valence-corrected chi connectivity index (χ0v) is 16.3. The summed E-state index contributed by atoms with van der Waals surface area (Å²) in [5.74, 6) is 2.50. The lowest BCUT2D eigenvalue weighted by Crippen LogP contribution is -2.44. The first-order chi connectivity index (χ1) is 10.9. The summed E-state index contributed by atoms with van der Waals surface area (Å²) < 4.78 is 5.49. The fourth-order valence-electron chi connectivity index (χ4n) is 4.31. The summed E-state index contributed by atoms with van der Waals surface area (Å²) in [6, 6.07) is 0. The molecule has 2 aliphatic rings. The van der Waals surface area contributed by atoms with Crippen molar-refractivity contribution in [3.8, 4) is 0 Å². The van der Waals surface area contributed by atoms with E-state index in [2.05, 4.69) is 44.4 Å². The Balaban J connectivity index is 1.78. The third-order valence-corrected chi connectivity index (χ3v) is 5.88. The lowest BCUT2D eigenvalue weighted by Gasteiger charge is -2.40. The van der Waals surface area contributed by atoms with Crippen molar-refractivity contribution in [3.05, 3.63) is 0 Å². The van der Waals surface area contributed by atoms with Gasteiger partial charge in [0.2, 0.25) is 0 Å². The van der Waals surface area contributed by atoms with Gasteiger partial charge in [-0.1, -0.05) is 34.6 Å². The minimum atomic E-state index is 0.425. The highest BCUT2D eigenvalue weighted by Gasteiger charge is 2.29. The molecule has 0 amide bonds. The molecule has 2 fully saturated rings. The van der Waals surface area contributed by atoms with Crippen LogP contribution >= 0.6 is 0 Å². The molecule has 2 rings (SSSR count). The van der Waals surface area contributed by atoms with Gasteiger partial charge in [-0.2, -0.15) is 0 Å². The average molecular weight is 325 g/mol. The number of likely N-dealkylation sites (tertiary alicyclic amines) is 1. The van der Waals surface area contributed by atoms with E-state index in [1.165, 1.54) is 45.4 Å². The molecule has 23 heavy (non-hydrogen) atoms. The fraction of sp³-hybridized carbons (Fsp3) is 1.00. The number of piperidine rings is 1. The normalized spacial score (nSPS) is 26.6. The molecular formula is C20H40N2O. The van der Waals surface area contributed by atoms with E-state index < -0.39 is 0 Å². The first-order valence-electron chi connectivity index (χ1n) is 9.88. The maximum atomic E-state index is 5.49. The maximum Gasteiger partial charge on any atom is 0.0594 e. The monoisotopic (exact) mass is 324 g/mol. The summed E-state index contributed by atoms with van der Waals surface area (Å²) in [7, 11) is 0. The molecule has 0 radical (unpaired) electrons. The number of morpholine rings is 1. The van der Waals surface area contributed by atoms with Crippen LogP contribution in [-0.2, 0) is 4.74 Å². The molecule has 0 spiro atoms. The van der Waals surface area contributed by atoms with Crippen LogP contribution in [0.4, 0.5) is 0 Å². The van der Waals surface area contributed by atoms with E-state index >= 15 is 0 Å². The second kappa shape index (κ2) is 8.82. The van der Waals surface area contributed by atoms with Crippen molar-refractivity contribution in [1.29, 1.82) is 0 Å². The van der Waals surface area contributed by atoms with Crippen molar-refractivity contribution in [2.45, 2.75) is 53.9 Å². The minimum Gasteiger partial charge on any atom is -0.379 e. The van der Waals surface area contributed by atoms with E-state index in [9.17, 15) is 0 Å². The van der Waals surface area contributed by atoms with Gasteiger partial charge in [-0.15, -0.1) is 0 Å². The summed E-state index contributed by atoms with van der Waals surface area (Å²) in [5.41, 5.74) is 0.425. The molecule has 0 N–H and O–H groups in total. The van der Waals surface area contributed by atoms with Crippen LogP contribution in [0.15, 0.2) is 0 Å². The Hall–Kier alpha value is -0.120. The van der Waals surface area contributed by atoms with Crippen molar-refractivity contribution in [1.82, 2.24) is 9.80 Å². The second-order valence-electron chi connectivity index (χ2n) is 9.25. The molecule has 0 bridgehead atoms. The van der Waals surface area contributed by atoms with Gasteiger partial charge in [0.15, 0.2) is 0 Å². The van der Waals surface area contributed by atoms with Crippen LogP contribution in [0.25, 0.3) is 0 Å². The highest BCUT2D eigenvalue weighted by atomic mass is 16.5. The maximum absolute atomic E-state index is 5.49. The zero-order valence-electron chi connectivity index (χ0n) is 16.3. The van der Waals surface area contributed by atoms with Crippen LogP contribution in [-0.4, -0.2) is 62.3 Å². The summed E-state index contributed by atoms with van der Waals surface area (Å²) in [4.78, 5) is 5.34. The standard InChI is InChI=1S/C20H40N2O/c1-17(2)18(3)14-22-8-6-7-19(15-22)13-20(4,5)16-21-9-11-23-12-10-21/h17-19H,6-16H2,1-5H3. The molecule has 2 heterocycles. The Morgan fingerprint density at radius 2 is 1.74 bits per heavy atom. The number of rotatable bonds is 7. The van der Waals surface area contributed by atoms with Crippen molar-refractivity contribution in [2.75, 3.05) is 52.5 Å². The molecule has 3 nitrogen and oxygen atoms in total. The molecule has 0 saturated carbocycles. The number of hydrogen-bond acceptors (Lipinski definition) is 3. The van der Waals surface area contributed by atoms with E-state index in [0.717, 1.165) is 44.1 Å². The van der Waals surface area contributed by atoms with Crippen LogP contribution in [0, 0.1) is 23.2 Å². The molecule has 0 aromatic rings. The number of hydrogen-bond donors (Lipinski definition) is 0. The lowest BCUT2D eigenvalue weighted by atomic mass is 9.79. The Morgan fingerprint density at radius 1 is 1.04 bits per heavy atom. The van der Waals surface area contributed by atoms with Gasteiger partial charge in [0.25, 0.3) is 0 Å². The van der Waals surface area contributed by atoms with Crippen LogP contribution in [0.5, 0.6) is 0 Å². The highest BCUT2D eigenvalue weighted by Crippen LogP contribution is 2.32. The summed E-state index contributed by atoms with van der Waals surface area (Å²) >= 11 is 0. The van der Waals surface area contributed by atoms with Crippen molar-refractivity contribution in [3.63, 3.8) is 0 Å². The predicted octanol–water partition coefficient (Wildman–Crippen LogP) is 3.74. The summed E-state index contributed by atoms with van der Waals surface area (Å²) in [5, 5.41) is 0. The third-order valence-electron chi connectivity index (χ3n) is 5.88. The van der Waals surface area contributed by atoms with E-state index in [0.29, 0.717) is 5.41 Å². The van der Waals surface area contributed by atoms with E-state index in [4.69, 9.17) is 4.74 Å². The zero-order chi connectivity index (χ0) is 16.9. The number of ether oxygens (including phenoxy) is 1. The van der Waals surface area contributed by atoms with Gasteiger partial charge >= 0.3 is 0 Å². The molecule has 2 unspecified atom stereocenters. The predicted molar refractivity (Wildman–Crippen MR) is 98.8 cm³/mol. The lowest BCUT2D eigenvalue weighted by molar-refractivity contribution is 0.0142. The first kappa shape index (κ1) is 19.2. The topological polar surface area (TPSA) is 15.7 Å². The Labute approximate surface area is 144 Å². The van der Waals surface area contributed by atoms with Gasteiger partial charge < -0.3 is 9.64 Å². The van der Waals surface area contributed by atoms with Crippen LogP contribution < -0.4 is 0 Å². The van der Waals surface area contributed by atoms with E-state index in [-0.39, 0.29) is 0 Å². The third kappa shape index (κ3) is 6.72. The van der Waals surface area contributed by atoms with Gasteiger partial charge in [-0.05, 0) is 49.0 Å². The molecule has 2 aliphatic heterocycles. The summed E-state index contributed by atoms with van der Waals surface area (Å²) in [6.45, 7) is 21.3. The Kier molecular flexibility index (Phi) is 7.37. The van der Waals surface area contributed by atoms with Crippen molar-refractivity contribution in [2.24, 2.45) is 23.2 Å². The van der Waals surface area contributed by atoms with Crippen LogP contribution in [0.3, 0.4) is 0 Å². The van der Waals surface area contributed by atoms with Crippen LogP contribution in [0.2, 0.25) is 0 Å². The molecule has 2 atom stereocenters. The average Bonchev–Trinajstić information content (AvgIpc) is 2.47. The molecule has 136 valence electrons. The molecular weight excluding hydrogens is 284 g/mol. The van der Waals surface area contributed by atoms with E-state index in [1.807, 2.05) is 0 Å². The Bertz CT molecular complexity index is 337. The largest absolute Gasteiger partial charge is 0.379 e. The van der Waals surface area contributed by atoms with Gasteiger partial charge in [-0.3, -0.25) is 4.90 Å². The molecule has 2 saturated heterocycles. The molecule has 0 aromatic carbocycles. The van der Waals surface area contributed by atoms with Gasteiger partial charge in [0.1, 0.15) is 0 Å². The molecule has 0 aliphatic carbocycles. The van der Waals surface area contributed by atoms with Gasteiger partial charge in [-0.25, -0.2) is 0 Å². The SMILES string of the molecule is CC(C)C(C)CN1CCCC(CC(C)(C)CN2CCOCC2)C1. The highest BCUT2D eigenvalue weighted by molar-refractivity contribution is 4.83. The first-order valence-corrected chi connectivity index (χ1v) is 9.88. The van der Waals surface area contributed by atoms with Gasteiger partial charge in [0, 0.05) is 32.7 Å². The van der Waals surface area contributed by atoms with Crippen molar-refractivity contribution < 1.29 is 4.74 Å².